The van der Waals surface area contributed by atoms with Gasteiger partial charge in [0.2, 0.25) is 0 Å². The standard InChI is InChI=1S/C26H28N2O3/c1-17-11-13-21(14-12-17)28-18(2)15-23(19(28)3)26(30)31-16-25(29)27-24-10-6-8-20-7-4-5-9-22(20)24/h4-5,7,9,11-15,24H,6,8,10,16H2,1-3H3,(H,27,29)/t24-/m0/s1. The van der Waals surface area contributed by atoms with E-state index >= 15 is 0 Å². The molecule has 5 heteroatoms. The van der Waals surface area contributed by atoms with Crippen LogP contribution in [0.5, 0.6) is 0 Å². The van der Waals surface area contributed by atoms with Crippen molar-refractivity contribution < 1.29 is 14.3 Å². The molecule has 0 bridgehead atoms. The molecular weight excluding hydrogens is 388 g/mol. The van der Waals surface area contributed by atoms with Crippen molar-refractivity contribution in [3.8, 4) is 5.69 Å². The summed E-state index contributed by atoms with van der Waals surface area (Å²) in [5.74, 6) is -0.756. The van der Waals surface area contributed by atoms with Gasteiger partial charge in [-0.2, -0.15) is 0 Å². The molecule has 0 spiro atoms. The molecule has 3 aromatic rings. The summed E-state index contributed by atoms with van der Waals surface area (Å²) >= 11 is 0. The van der Waals surface area contributed by atoms with E-state index in [1.807, 2.05) is 67.8 Å². The highest BCUT2D eigenvalue weighted by atomic mass is 16.5. The Morgan fingerprint density at radius 2 is 1.81 bits per heavy atom. The normalized spacial score (nSPS) is 15.3. The minimum Gasteiger partial charge on any atom is -0.452 e. The number of amides is 1. The van der Waals surface area contributed by atoms with Crippen LogP contribution in [0.2, 0.25) is 0 Å². The van der Waals surface area contributed by atoms with E-state index in [0.29, 0.717) is 5.56 Å². The Balaban J connectivity index is 1.41. The van der Waals surface area contributed by atoms with Gasteiger partial charge in [-0.1, -0.05) is 42.0 Å². The topological polar surface area (TPSA) is 60.3 Å². The lowest BCUT2D eigenvalue weighted by atomic mass is 9.88. The highest BCUT2D eigenvalue weighted by Gasteiger charge is 2.23. The number of aromatic nitrogens is 1. The minimum absolute atomic E-state index is 0.0252. The van der Waals surface area contributed by atoms with E-state index in [2.05, 4.69) is 17.4 Å². The number of carbonyl (C=O) groups is 2. The van der Waals surface area contributed by atoms with Gasteiger partial charge >= 0.3 is 5.97 Å². The van der Waals surface area contributed by atoms with Gasteiger partial charge in [-0.05, 0) is 69.4 Å². The van der Waals surface area contributed by atoms with Crippen LogP contribution in [0.15, 0.2) is 54.6 Å². The molecule has 2 aromatic carbocycles. The largest absolute Gasteiger partial charge is 0.452 e. The number of hydrogen-bond acceptors (Lipinski definition) is 3. The Labute approximate surface area is 183 Å². The van der Waals surface area contributed by atoms with Crippen LogP contribution >= 0.6 is 0 Å². The lowest BCUT2D eigenvalue weighted by molar-refractivity contribution is -0.125. The molecule has 160 valence electrons. The third kappa shape index (κ3) is 4.41. The fourth-order valence-electron chi connectivity index (χ4n) is 4.41. The quantitative estimate of drug-likeness (QED) is 0.611. The lowest BCUT2D eigenvalue weighted by Crippen LogP contribution is -2.34. The smallest absolute Gasteiger partial charge is 0.340 e. The molecule has 0 unspecified atom stereocenters. The second kappa shape index (κ2) is 8.80. The van der Waals surface area contributed by atoms with Crippen molar-refractivity contribution >= 4 is 11.9 Å². The molecule has 0 aliphatic heterocycles. The van der Waals surface area contributed by atoms with Crippen LogP contribution in [0.3, 0.4) is 0 Å². The molecule has 0 saturated heterocycles. The van der Waals surface area contributed by atoms with Crippen molar-refractivity contribution in [3.05, 3.63) is 88.2 Å². The first kappa shape index (κ1) is 20.9. The van der Waals surface area contributed by atoms with Gasteiger partial charge in [-0.25, -0.2) is 4.79 Å². The van der Waals surface area contributed by atoms with Crippen LogP contribution in [0.25, 0.3) is 5.69 Å². The van der Waals surface area contributed by atoms with Crippen LogP contribution in [-0.4, -0.2) is 23.1 Å². The van der Waals surface area contributed by atoms with Gasteiger partial charge in [0.05, 0.1) is 11.6 Å². The van der Waals surface area contributed by atoms with E-state index in [4.69, 9.17) is 4.74 Å². The van der Waals surface area contributed by atoms with Crippen LogP contribution in [0.1, 0.15) is 57.3 Å². The van der Waals surface area contributed by atoms with Gasteiger partial charge in [-0.3, -0.25) is 4.79 Å². The average Bonchev–Trinajstić information content (AvgIpc) is 3.07. The van der Waals surface area contributed by atoms with E-state index in [1.165, 1.54) is 11.1 Å². The summed E-state index contributed by atoms with van der Waals surface area (Å²) in [4.78, 5) is 25.2. The Morgan fingerprint density at radius 3 is 2.58 bits per heavy atom. The van der Waals surface area contributed by atoms with Crippen molar-refractivity contribution in [1.82, 2.24) is 9.88 Å². The second-order valence-corrected chi connectivity index (χ2v) is 8.24. The van der Waals surface area contributed by atoms with E-state index in [1.54, 1.807) is 0 Å². The number of fused-ring (bicyclic) bond motifs is 1. The van der Waals surface area contributed by atoms with Crippen LogP contribution in [0.4, 0.5) is 0 Å². The van der Waals surface area contributed by atoms with Crippen molar-refractivity contribution in [3.63, 3.8) is 0 Å². The third-order valence-corrected chi connectivity index (χ3v) is 5.98. The van der Waals surface area contributed by atoms with Gasteiger partial charge in [0.1, 0.15) is 0 Å². The number of rotatable bonds is 5. The summed E-state index contributed by atoms with van der Waals surface area (Å²) in [5.41, 5.74) is 6.83. The van der Waals surface area contributed by atoms with E-state index < -0.39 is 5.97 Å². The van der Waals surface area contributed by atoms with Crippen molar-refractivity contribution in [2.75, 3.05) is 6.61 Å². The summed E-state index contributed by atoms with van der Waals surface area (Å²) < 4.78 is 7.38. The summed E-state index contributed by atoms with van der Waals surface area (Å²) in [5, 5.41) is 3.02. The average molecular weight is 417 g/mol. The molecule has 1 atom stereocenters. The molecule has 1 N–H and O–H groups in total. The molecule has 1 aromatic heterocycles. The van der Waals surface area contributed by atoms with Gasteiger partial charge < -0.3 is 14.6 Å². The Bertz CT molecular complexity index is 1110. The zero-order chi connectivity index (χ0) is 22.0. The summed E-state index contributed by atoms with van der Waals surface area (Å²) in [6.45, 7) is 5.60. The highest BCUT2D eigenvalue weighted by Crippen LogP contribution is 2.29. The minimum atomic E-state index is -0.481. The first-order valence-electron chi connectivity index (χ1n) is 10.7. The number of benzene rings is 2. The van der Waals surface area contributed by atoms with Crippen LogP contribution < -0.4 is 5.32 Å². The first-order valence-corrected chi connectivity index (χ1v) is 10.7. The molecule has 5 nitrogen and oxygen atoms in total. The number of nitrogens with one attached hydrogen (secondary N) is 1. The highest BCUT2D eigenvalue weighted by molar-refractivity contribution is 5.93. The number of esters is 1. The van der Waals surface area contributed by atoms with Crippen molar-refractivity contribution in [2.45, 2.75) is 46.1 Å². The molecule has 0 saturated carbocycles. The molecule has 31 heavy (non-hydrogen) atoms. The van der Waals surface area contributed by atoms with Gasteiger partial charge in [0.25, 0.3) is 5.91 Å². The van der Waals surface area contributed by atoms with Gasteiger partial charge in [0.15, 0.2) is 6.61 Å². The molecule has 1 amide bonds. The van der Waals surface area contributed by atoms with Crippen LogP contribution in [-0.2, 0) is 16.0 Å². The number of aryl methyl sites for hydroxylation is 3. The Morgan fingerprint density at radius 1 is 1.06 bits per heavy atom. The molecule has 1 heterocycles. The molecular formula is C26H28N2O3. The molecule has 4 rings (SSSR count). The fraction of sp³-hybridized carbons (Fsp3) is 0.308. The van der Waals surface area contributed by atoms with E-state index in [9.17, 15) is 9.59 Å². The maximum Gasteiger partial charge on any atom is 0.340 e. The third-order valence-electron chi connectivity index (χ3n) is 5.98. The van der Waals surface area contributed by atoms with E-state index in [0.717, 1.165) is 41.9 Å². The predicted molar refractivity (Wildman–Crippen MR) is 121 cm³/mol. The predicted octanol–water partition coefficient (Wildman–Crippen LogP) is 4.75. The maximum atomic E-state index is 12.7. The zero-order valence-corrected chi connectivity index (χ0v) is 18.3. The summed E-state index contributed by atoms with van der Waals surface area (Å²) in [6.07, 6.45) is 2.97. The fourth-order valence-corrected chi connectivity index (χ4v) is 4.41. The molecule has 0 fully saturated rings. The second-order valence-electron chi connectivity index (χ2n) is 8.24. The molecule has 1 aliphatic rings. The summed E-state index contributed by atoms with van der Waals surface area (Å²) in [6, 6.07) is 18.1. The van der Waals surface area contributed by atoms with Crippen LogP contribution in [0, 0.1) is 20.8 Å². The number of hydrogen-bond donors (Lipinski definition) is 1. The van der Waals surface area contributed by atoms with Crippen molar-refractivity contribution in [2.24, 2.45) is 0 Å². The monoisotopic (exact) mass is 416 g/mol. The van der Waals surface area contributed by atoms with Crippen molar-refractivity contribution in [1.29, 1.82) is 0 Å². The van der Waals surface area contributed by atoms with Gasteiger partial charge in [-0.15, -0.1) is 0 Å². The van der Waals surface area contributed by atoms with E-state index in [-0.39, 0.29) is 18.6 Å². The number of carbonyl (C=O) groups excluding carboxylic acids is 2. The lowest BCUT2D eigenvalue weighted by Gasteiger charge is -2.26. The van der Waals surface area contributed by atoms with Gasteiger partial charge in [0, 0.05) is 17.1 Å². The number of nitrogens with zero attached hydrogens (tertiary/aromatic N) is 1. The Hall–Kier alpha value is -3.34. The molecule has 0 radical (unpaired) electrons. The SMILES string of the molecule is Cc1ccc(-n2c(C)cc(C(=O)OCC(=O)N[C@H]3CCCc4ccccc43)c2C)cc1. The zero-order valence-electron chi connectivity index (χ0n) is 18.3. The summed E-state index contributed by atoms with van der Waals surface area (Å²) in [7, 11) is 0. The maximum absolute atomic E-state index is 12.7. The number of ether oxygens (including phenoxy) is 1. The molecule has 1 aliphatic carbocycles. The first-order chi connectivity index (χ1) is 14.9. The Kier molecular flexibility index (Phi) is 5.94.